The van der Waals surface area contributed by atoms with Gasteiger partial charge in [0.05, 0.1) is 19.3 Å². The van der Waals surface area contributed by atoms with Crippen LogP contribution in [-0.4, -0.2) is 51.8 Å². The van der Waals surface area contributed by atoms with Gasteiger partial charge >= 0.3 is 0 Å². The van der Waals surface area contributed by atoms with Crippen molar-refractivity contribution in [3.05, 3.63) is 12.2 Å². The van der Waals surface area contributed by atoms with Crippen molar-refractivity contribution in [1.82, 2.24) is 5.06 Å². The molecule has 1 aliphatic heterocycles. The zero-order valence-corrected chi connectivity index (χ0v) is 22.0. The van der Waals surface area contributed by atoms with Crippen LogP contribution in [0.4, 0.5) is 0 Å². The van der Waals surface area contributed by atoms with Gasteiger partial charge in [0, 0.05) is 19.1 Å². The Hall–Kier alpha value is -0.693. The lowest BCUT2D eigenvalue weighted by atomic mass is 9.96. The molecule has 0 aromatic carbocycles. The minimum atomic E-state index is -1.95. The van der Waals surface area contributed by atoms with Crippen molar-refractivity contribution >= 4 is 14.2 Å². The standard InChI is InChI=1S/C24H47NO4Si/c1-11-12-13-20-16-18(2)22(28-20)15-14-21(29-30(9,10)24(4,5)6)17-19(3)23(26)25(7)27-8/h19-22H,2,11-17H2,1,3-10H3/t19-,20+,21-,22?/m1/s1. The number of amides is 1. The van der Waals surface area contributed by atoms with E-state index in [2.05, 4.69) is 47.4 Å². The van der Waals surface area contributed by atoms with E-state index in [1.54, 1.807) is 7.05 Å². The second-order valence-corrected chi connectivity index (χ2v) is 15.2. The minimum absolute atomic E-state index is 0.0116. The molecule has 1 aliphatic rings. The number of carbonyl (C=O) groups is 1. The van der Waals surface area contributed by atoms with Crippen LogP contribution in [0, 0.1) is 5.92 Å². The topological polar surface area (TPSA) is 48.0 Å². The SMILES string of the molecule is C=C1C[C@H](CCCC)OC1CC[C@H](C[C@@H](C)C(=O)N(C)OC)O[Si](C)(C)C(C)(C)C. The van der Waals surface area contributed by atoms with Gasteiger partial charge in [0.2, 0.25) is 5.91 Å². The molecule has 4 atom stereocenters. The lowest BCUT2D eigenvalue weighted by Gasteiger charge is -2.40. The van der Waals surface area contributed by atoms with Gasteiger partial charge < -0.3 is 9.16 Å². The van der Waals surface area contributed by atoms with Crippen molar-refractivity contribution < 1.29 is 18.8 Å². The third-order valence-electron chi connectivity index (χ3n) is 6.82. The molecule has 1 unspecified atom stereocenters. The zero-order valence-electron chi connectivity index (χ0n) is 21.0. The average molecular weight is 442 g/mol. The van der Waals surface area contributed by atoms with E-state index in [4.69, 9.17) is 14.0 Å². The summed E-state index contributed by atoms with van der Waals surface area (Å²) in [7, 11) is 1.23. The van der Waals surface area contributed by atoms with Gasteiger partial charge in [-0.15, -0.1) is 0 Å². The molecule has 0 radical (unpaired) electrons. The highest BCUT2D eigenvalue weighted by Gasteiger charge is 2.40. The number of hydrogen-bond acceptors (Lipinski definition) is 4. The number of unbranched alkanes of at least 4 members (excludes halogenated alkanes) is 1. The van der Waals surface area contributed by atoms with Crippen LogP contribution >= 0.6 is 0 Å². The molecule has 1 saturated heterocycles. The average Bonchev–Trinajstić information content (AvgIpc) is 3.01. The minimum Gasteiger partial charge on any atom is -0.414 e. The van der Waals surface area contributed by atoms with Gasteiger partial charge in [-0.1, -0.05) is 54.0 Å². The van der Waals surface area contributed by atoms with E-state index in [0.717, 1.165) is 25.7 Å². The number of ether oxygens (including phenoxy) is 1. The summed E-state index contributed by atoms with van der Waals surface area (Å²) in [6, 6.07) is 0. The van der Waals surface area contributed by atoms with E-state index in [1.165, 1.54) is 30.6 Å². The van der Waals surface area contributed by atoms with Crippen molar-refractivity contribution in [3.8, 4) is 0 Å². The fourth-order valence-electron chi connectivity index (χ4n) is 3.73. The molecule has 0 spiro atoms. The number of hydrogen-bond donors (Lipinski definition) is 0. The molecular formula is C24H47NO4Si. The molecule has 1 amide bonds. The molecule has 6 heteroatoms. The normalized spacial score (nSPS) is 22.2. The first kappa shape index (κ1) is 27.3. The van der Waals surface area contributed by atoms with Crippen molar-refractivity contribution in [3.63, 3.8) is 0 Å². The summed E-state index contributed by atoms with van der Waals surface area (Å²) in [6.45, 7) is 19.8. The van der Waals surface area contributed by atoms with Crippen molar-refractivity contribution in [2.24, 2.45) is 5.92 Å². The second kappa shape index (κ2) is 11.8. The Morgan fingerprint density at radius 1 is 1.33 bits per heavy atom. The van der Waals surface area contributed by atoms with Gasteiger partial charge in [-0.25, -0.2) is 5.06 Å². The van der Waals surface area contributed by atoms with Crippen LogP contribution in [0.2, 0.25) is 18.1 Å². The molecule has 1 heterocycles. The summed E-state index contributed by atoms with van der Waals surface area (Å²) < 4.78 is 13.1. The van der Waals surface area contributed by atoms with Crippen LogP contribution in [0.25, 0.3) is 0 Å². The summed E-state index contributed by atoms with van der Waals surface area (Å²) in [6.07, 6.45) is 7.43. The Bertz CT molecular complexity index is 558. The smallest absolute Gasteiger partial charge is 0.248 e. The van der Waals surface area contributed by atoms with Crippen LogP contribution in [0.3, 0.4) is 0 Å². The summed E-state index contributed by atoms with van der Waals surface area (Å²) in [4.78, 5) is 17.6. The molecule has 30 heavy (non-hydrogen) atoms. The van der Waals surface area contributed by atoms with E-state index < -0.39 is 8.32 Å². The quantitative estimate of drug-likeness (QED) is 0.208. The molecule has 0 aromatic heterocycles. The molecule has 5 nitrogen and oxygen atoms in total. The number of hydroxylamine groups is 2. The van der Waals surface area contributed by atoms with Gasteiger partial charge in [0.15, 0.2) is 8.32 Å². The van der Waals surface area contributed by atoms with Gasteiger partial charge in [0.1, 0.15) is 0 Å². The number of nitrogens with zero attached hydrogens (tertiary/aromatic N) is 1. The Balaban J connectivity index is 2.80. The zero-order chi connectivity index (χ0) is 23.1. The van der Waals surface area contributed by atoms with Crippen molar-refractivity contribution in [1.29, 1.82) is 0 Å². The van der Waals surface area contributed by atoms with E-state index >= 15 is 0 Å². The maximum atomic E-state index is 12.5. The maximum Gasteiger partial charge on any atom is 0.248 e. The first-order valence-corrected chi connectivity index (χ1v) is 14.6. The van der Waals surface area contributed by atoms with Crippen LogP contribution in [-0.2, 0) is 18.8 Å². The first-order valence-electron chi connectivity index (χ1n) is 11.6. The summed E-state index contributed by atoms with van der Waals surface area (Å²) in [5.41, 5.74) is 1.21. The van der Waals surface area contributed by atoms with Gasteiger partial charge in [-0.2, -0.15) is 0 Å². The molecule has 1 fully saturated rings. The Morgan fingerprint density at radius 3 is 2.50 bits per heavy atom. The Kier molecular flexibility index (Phi) is 10.7. The lowest BCUT2D eigenvalue weighted by Crippen LogP contribution is -2.45. The predicted octanol–water partition coefficient (Wildman–Crippen LogP) is 6.11. The maximum absolute atomic E-state index is 12.5. The molecule has 0 N–H and O–H groups in total. The Morgan fingerprint density at radius 2 is 1.97 bits per heavy atom. The molecule has 0 saturated carbocycles. The summed E-state index contributed by atoms with van der Waals surface area (Å²) in [5.74, 6) is -0.169. The van der Waals surface area contributed by atoms with Crippen molar-refractivity contribution in [2.75, 3.05) is 14.2 Å². The van der Waals surface area contributed by atoms with Crippen LogP contribution in [0.5, 0.6) is 0 Å². The largest absolute Gasteiger partial charge is 0.414 e. The predicted molar refractivity (Wildman–Crippen MR) is 127 cm³/mol. The van der Waals surface area contributed by atoms with Crippen molar-refractivity contribution in [2.45, 2.75) is 116 Å². The Labute approximate surface area is 186 Å². The number of rotatable bonds is 12. The lowest BCUT2D eigenvalue weighted by molar-refractivity contribution is -0.173. The monoisotopic (exact) mass is 441 g/mol. The summed E-state index contributed by atoms with van der Waals surface area (Å²) in [5, 5.41) is 1.44. The van der Waals surface area contributed by atoms with E-state index in [-0.39, 0.29) is 29.1 Å². The highest BCUT2D eigenvalue weighted by atomic mass is 28.4. The molecule has 1 rings (SSSR count). The fraction of sp³-hybridized carbons (Fsp3) is 0.875. The molecule has 0 bridgehead atoms. The highest BCUT2D eigenvalue weighted by molar-refractivity contribution is 6.74. The second-order valence-electron chi connectivity index (χ2n) is 10.5. The van der Waals surface area contributed by atoms with Gasteiger partial charge in [-0.3, -0.25) is 9.63 Å². The van der Waals surface area contributed by atoms with E-state index in [9.17, 15) is 4.79 Å². The summed E-state index contributed by atoms with van der Waals surface area (Å²) >= 11 is 0. The third-order valence-corrected chi connectivity index (χ3v) is 11.4. The molecule has 176 valence electrons. The molecular weight excluding hydrogens is 394 g/mol. The van der Waals surface area contributed by atoms with Gasteiger partial charge in [0.25, 0.3) is 0 Å². The number of carbonyl (C=O) groups excluding carboxylic acids is 1. The third kappa shape index (κ3) is 8.10. The van der Waals surface area contributed by atoms with E-state index in [1.807, 2.05) is 6.92 Å². The molecule has 0 aromatic rings. The van der Waals surface area contributed by atoms with Crippen LogP contribution < -0.4 is 0 Å². The van der Waals surface area contributed by atoms with Crippen LogP contribution in [0.15, 0.2) is 12.2 Å². The fourth-order valence-corrected chi connectivity index (χ4v) is 5.13. The first-order chi connectivity index (χ1) is 13.8. The van der Waals surface area contributed by atoms with Crippen LogP contribution in [0.1, 0.15) is 79.6 Å². The molecule has 0 aliphatic carbocycles. The highest BCUT2D eigenvalue weighted by Crippen LogP contribution is 2.39. The van der Waals surface area contributed by atoms with Gasteiger partial charge in [-0.05, 0) is 55.8 Å². The van der Waals surface area contributed by atoms with E-state index in [0.29, 0.717) is 12.5 Å².